The van der Waals surface area contributed by atoms with Gasteiger partial charge in [-0.05, 0) is 56.2 Å². The zero-order valence-electron chi connectivity index (χ0n) is 15.7. The fourth-order valence-corrected chi connectivity index (χ4v) is 4.85. The lowest BCUT2D eigenvalue weighted by Crippen LogP contribution is -2.53. The zero-order chi connectivity index (χ0) is 17.8. The molecule has 0 amide bonds. The molecule has 1 aromatic carbocycles. The van der Waals surface area contributed by atoms with Gasteiger partial charge < -0.3 is 0 Å². The van der Waals surface area contributed by atoms with E-state index in [0.717, 1.165) is 18.4 Å². The van der Waals surface area contributed by atoms with Crippen molar-refractivity contribution >= 4 is 23.2 Å². The quantitative estimate of drug-likeness (QED) is 0.661. The predicted molar refractivity (Wildman–Crippen MR) is 109 cm³/mol. The molecule has 2 aliphatic rings. The molecule has 0 bridgehead atoms. The van der Waals surface area contributed by atoms with Crippen LogP contribution in [0.1, 0.15) is 51.5 Å². The maximum Gasteiger partial charge on any atom is 0.0595 e. The summed E-state index contributed by atoms with van der Waals surface area (Å²) in [6, 6.07) is 7.50. The number of nitrogens with zero attached hydrogens (tertiary/aromatic N) is 2. The minimum Gasteiger partial charge on any atom is -0.298 e. The Bertz CT molecular complexity index is 555. The fraction of sp³-hybridized carbons (Fsp3) is 0.714. The van der Waals surface area contributed by atoms with Crippen LogP contribution in [0.5, 0.6) is 0 Å². The van der Waals surface area contributed by atoms with Crippen molar-refractivity contribution in [1.82, 2.24) is 9.80 Å². The first-order valence-electron chi connectivity index (χ1n) is 9.95. The van der Waals surface area contributed by atoms with Crippen LogP contribution in [0.2, 0.25) is 10.0 Å². The normalized spacial score (nSPS) is 27.4. The van der Waals surface area contributed by atoms with Crippen LogP contribution in [0.4, 0.5) is 0 Å². The minimum atomic E-state index is 0.627. The lowest BCUT2D eigenvalue weighted by atomic mass is 9.86. The highest BCUT2D eigenvalue weighted by atomic mass is 35.5. The molecule has 3 rings (SSSR count). The summed E-state index contributed by atoms with van der Waals surface area (Å²) < 4.78 is 0. The van der Waals surface area contributed by atoms with Crippen molar-refractivity contribution in [2.24, 2.45) is 5.92 Å². The van der Waals surface area contributed by atoms with Gasteiger partial charge >= 0.3 is 0 Å². The Morgan fingerprint density at radius 1 is 1.08 bits per heavy atom. The maximum absolute atomic E-state index is 6.13. The van der Waals surface area contributed by atoms with Gasteiger partial charge in [-0.25, -0.2) is 0 Å². The van der Waals surface area contributed by atoms with E-state index < -0.39 is 0 Å². The predicted octanol–water partition coefficient (Wildman–Crippen LogP) is 5.51. The molecule has 0 aromatic heterocycles. The van der Waals surface area contributed by atoms with Crippen LogP contribution in [0.3, 0.4) is 0 Å². The number of piperazine rings is 1. The topological polar surface area (TPSA) is 6.48 Å². The smallest absolute Gasteiger partial charge is 0.0595 e. The van der Waals surface area contributed by atoms with Gasteiger partial charge in [0, 0.05) is 38.3 Å². The molecule has 1 aliphatic carbocycles. The molecule has 1 aliphatic heterocycles. The van der Waals surface area contributed by atoms with Crippen molar-refractivity contribution in [2.45, 2.75) is 64.5 Å². The molecule has 4 heteroatoms. The largest absolute Gasteiger partial charge is 0.298 e. The summed E-state index contributed by atoms with van der Waals surface area (Å²) in [6.07, 6.45) is 7.93. The average molecular weight is 383 g/mol. The van der Waals surface area contributed by atoms with Crippen LogP contribution in [0, 0.1) is 5.92 Å². The highest BCUT2D eigenvalue weighted by molar-refractivity contribution is 6.42. The van der Waals surface area contributed by atoms with E-state index in [-0.39, 0.29) is 0 Å². The molecule has 2 fully saturated rings. The Morgan fingerprint density at radius 3 is 2.52 bits per heavy atom. The van der Waals surface area contributed by atoms with Crippen LogP contribution in [0.25, 0.3) is 0 Å². The van der Waals surface area contributed by atoms with Gasteiger partial charge in [0.2, 0.25) is 0 Å². The van der Waals surface area contributed by atoms with Crippen LogP contribution < -0.4 is 0 Å². The fourth-order valence-electron chi connectivity index (χ4n) is 4.53. The molecule has 1 aromatic rings. The van der Waals surface area contributed by atoms with E-state index in [1.54, 1.807) is 0 Å². The summed E-state index contributed by atoms with van der Waals surface area (Å²) >= 11 is 12.1. The van der Waals surface area contributed by atoms with Crippen molar-refractivity contribution in [3.05, 3.63) is 33.8 Å². The van der Waals surface area contributed by atoms with Gasteiger partial charge in [0.1, 0.15) is 0 Å². The monoisotopic (exact) mass is 382 g/mol. The zero-order valence-corrected chi connectivity index (χ0v) is 17.2. The average Bonchev–Trinajstić information content (AvgIpc) is 2.62. The Morgan fingerprint density at radius 2 is 1.84 bits per heavy atom. The van der Waals surface area contributed by atoms with Crippen LogP contribution in [-0.4, -0.2) is 48.1 Å². The van der Waals surface area contributed by atoms with Gasteiger partial charge in [0.25, 0.3) is 0 Å². The number of hydrogen-bond acceptors (Lipinski definition) is 2. The summed E-state index contributed by atoms with van der Waals surface area (Å²) in [6.45, 7) is 9.72. The summed E-state index contributed by atoms with van der Waals surface area (Å²) in [4.78, 5) is 5.43. The van der Waals surface area contributed by atoms with Crippen molar-refractivity contribution in [1.29, 1.82) is 0 Å². The Hall–Kier alpha value is -0.280. The van der Waals surface area contributed by atoms with E-state index in [1.165, 1.54) is 63.8 Å². The van der Waals surface area contributed by atoms with Gasteiger partial charge in [-0.2, -0.15) is 0 Å². The second kappa shape index (κ2) is 9.08. The molecule has 1 heterocycles. The second-order valence-corrected chi connectivity index (χ2v) is 8.95. The van der Waals surface area contributed by atoms with Gasteiger partial charge in [-0.15, -0.1) is 0 Å². The van der Waals surface area contributed by atoms with Gasteiger partial charge in [0.15, 0.2) is 0 Å². The van der Waals surface area contributed by atoms with E-state index in [9.17, 15) is 0 Å². The second-order valence-electron chi connectivity index (χ2n) is 8.13. The molecule has 3 atom stereocenters. The first kappa shape index (κ1) is 19.5. The molecular formula is C21H32Cl2N2. The number of aryl methyl sites for hydroxylation is 1. The van der Waals surface area contributed by atoms with E-state index >= 15 is 0 Å². The lowest BCUT2D eigenvalue weighted by molar-refractivity contribution is 0.0510. The first-order chi connectivity index (χ1) is 12.0. The number of halogens is 2. The van der Waals surface area contributed by atoms with Gasteiger partial charge in [-0.3, -0.25) is 9.80 Å². The Labute approximate surface area is 163 Å². The molecule has 1 saturated carbocycles. The first-order valence-corrected chi connectivity index (χ1v) is 10.7. The maximum atomic E-state index is 6.13. The van der Waals surface area contributed by atoms with E-state index in [0.29, 0.717) is 16.1 Å². The summed E-state index contributed by atoms with van der Waals surface area (Å²) in [5.74, 6) is 0.918. The summed E-state index contributed by atoms with van der Waals surface area (Å²) in [5, 5.41) is 1.31. The van der Waals surface area contributed by atoms with Crippen LogP contribution >= 0.6 is 23.2 Å². The molecule has 1 saturated heterocycles. The Kier molecular flexibility index (Phi) is 7.08. The number of hydrogen-bond donors (Lipinski definition) is 0. The third-order valence-electron chi connectivity index (χ3n) is 6.23. The Balaban J connectivity index is 1.43. The lowest BCUT2D eigenvalue weighted by Gasteiger charge is -2.43. The molecule has 0 spiro atoms. The van der Waals surface area contributed by atoms with E-state index in [1.807, 2.05) is 12.1 Å². The number of rotatable bonds is 5. The third kappa shape index (κ3) is 5.35. The molecule has 25 heavy (non-hydrogen) atoms. The van der Waals surface area contributed by atoms with Gasteiger partial charge in [-0.1, -0.05) is 49.0 Å². The number of benzene rings is 1. The highest BCUT2D eigenvalue weighted by Crippen LogP contribution is 2.28. The molecule has 2 nitrogen and oxygen atoms in total. The minimum absolute atomic E-state index is 0.627. The molecule has 0 N–H and O–H groups in total. The van der Waals surface area contributed by atoms with Crippen molar-refractivity contribution in [3.8, 4) is 0 Å². The molecule has 140 valence electrons. The van der Waals surface area contributed by atoms with Crippen LogP contribution in [-0.2, 0) is 6.42 Å². The van der Waals surface area contributed by atoms with E-state index in [2.05, 4.69) is 29.7 Å². The molecule has 3 unspecified atom stereocenters. The van der Waals surface area contributed by atoms with Crippen molar-refractivity contribution in [2.75, 3.05) is 26.2 Å². The SMILES string of the molecule is CC1CCCC(N2CCN(C(C)CCc3ccc(Cl)c(Cl)c3)CC2)C1. The molecular weight excluding hydrogens is 351 g/mol. The van der Waals surface area contributed by atoms with Crippen molar-refractivity contribution < 1.29 is 0 Å². The standard InChI is InChI=1S/C21H32Cl2N2/c1-16-4-3-5-19(14-16)25-12-10-24(11-13-25)17(2)6-7-18-8-9-20(22)21(23)15-18/h8-9,15-17,19H,3-7,10-14H2,1-2H3. The molecule has 0 radical (unpaired) electrons. The highest BCUT2D eigenvalue weighted by Gasteiger charge is 2.28. The van der Waals surface area contributed by atoms with Crippen molar-refractivity contribution in [3.63, 3.8) is 0 Å². The van der Waals surface area contributed by atoms with Crippen LogP contribution in [0.15, 0.2) is 18.2 Å². The third-order valence-corrected chi connectivity index (χ3v) is 6.97. The summed E-state index contributed by atoms with van der Waals surface area (Å²) in [7, 11) is 0. The van der Waals surface area contributed by atoms with Gasteiger partial charge in [0.05, 0.1) is 10.0 Å². The summed E-state index contributed by atoms with van der Waals surface area (Å²) in [5.41, 5.74) is 1.29. The van der Waals surface area contributed by atoms with E-state index in [4.69, 9.17) is 23.2 Å².